The number of rotatable bonds is 6. The predicted octanol–water partition coefficient (Wildman–Crippen LogP) is 3.98. The first-order valence-corrected chi connectivity index (χ1v) is 10.9. The highest BCUT2D eigenvalue weighted by atomic mass is 32.2. The number of aryl methyl sites for hydroxylation is 1. The first kappa shape index (κ1) is 20.9. The van der Waals surface area contributed by atoms with Gasteiger partial charge in [0.15, 0.2) is 0 Å². The number of nitrogens with one attached hydrogen (secondary N) is 1. The van der Waals surface area contributed by atoms with Crippen LogP contribution in [0.5, 0.6) is 5.75 Å². The summed E-state index contributed by atoms with van der Waals surface area (Å²) in [6, 6.07) is 10.1. The Morgan fingerprint density at radius 2 is 1.93 bits per heavy atom. The van der Waals surface area contributed by atoms with E-state index in [4.69, 9.17) is 4.74 Å². The predicted molar refractivity (Wildman–Crippen MR) is 115 cm³/mol. The molecule has 8 heteroatoms. The van der Waals surface area contributed by atoms with E-state index in [9.17, 15) is 13.2 Å². The molecule has 0 spiro atoms. The van der Waals surface area contributed by atoms with Gasteiger partial charge in [0, 0.05) is 12.1 Å². The summed E-state index contributed by atoms with van der Waals surface area (Å²) in [4.78, 5) is 14.7. The first-order valence-electron chi connectivity index (χ1n) is 9.46. The summed E-state index contributed by atoms with van der Waals surface area (Å²) in [5.74, 6) is 0.548. The molecule has 1 heterocycles. The number of hydrogen-bond donors (Lipinski definition) is 1. The lowest BCUT2D eigenvalue weighted by atomic mass is 10.1. The number of unbranched alkanes of at least 4 members (excludes halogenated alkanes) is 1. The van der Waals surface area contributed by atoms with Crippen LogP contribution in [0.3, 0.4) is 0 Å². The number of amidine groups is 1. The molecule has 7 nitrogen and oxygen atoms in total. The largest absolute Gasteiger partial charge is 0.495 e. The van der Waals surface area contributed by atoms with Gasteiger partial charge in [-0.3, -0.25) is 4.79 Å². The molecule has 0 unspecified atom stereocenters. The number of methoxy groups -OCH3 is 1. The van der Waals surface area contributed by atoms with Crippen molar-refractivity contribution in [1.29, 1.82) is 0 Å². The number of benzene rings is 2. The molecule has 1 aliphatic rings. The maximum absolute atomic E-state index is 12.8. The summed E-state index contributed by atoms with van der Waals surface area (Å²) in [6.45, 7) is 6.33. The number of nitrogens with zero attached hydrogens (tertiary/aromatic N) is 2. The summed E-state index contributed by atoms with van der Waals surface area (Å²) in [7, 11) is -2.33. The summed E-state index contributed by atoms with van der Waals surface area (Å²) in [5, 5.41) is 2.80. The van der Waals surface area contributed by atoms with Crippen molar-refractivity contribution in [3.8, 4) is 5.75 Å². The van der Waals surface area contributed by atoms with E-state index < -0.39 is 15.9 Å². The highest BCUT2D eigenvalue weighted by Crippen LogP contribution is 2.33. The van der Waals surface area contributed by atoms with Crippen LogP contribution >= 0.6 is 0 Å². The molecule has 0 aromatic heterocycles. The topological polar surface area (TPSA) is 88.1 Å². The van der Waals surface area contributed by atoms with Crippen molar-refractivity contribution >= 4 is 33.1 Å². The molecular weight excluding hydrogens is 390 g/mol. The van der Waals surface area contributed by atoms with Gasteiger partial charge in [0.05, 0.1) is 18.5 Å². The summed E-state index contributed by atoms with van der Waals surface area (Å²) in [6.07, 6.45) is 1.88. The molecule has 0 fully saturated rings. The van der Waals surface area contributed by atoms with Crippen LogP contribution in [0, 0.1) is 6.92 Å². The minimum Gasteiger partial charge on any atom is -0.495 e. The van der Waals surface area contributed by atoms with Crippen molar-refractivity contribution < 1.29 is 17.9 Å². The third kappa shape index (κ3) is 4.27. The Balaban J connectivity index is 1.96. The number of hydrogen-bond acceptors (Lipinski definition) is 5. The fourth-order valence-corrected chi connectivity index (χ4v) is 4.51. The van der Waals surface area contributed by atoms with E-state index in [1.807, 2.05) is 17.9 Å². The monoisotopic (exact) mass is 415 g/mol. The van der Waals surface area contributed by atoms with Gasteiger partial charge < -0.3 is 15.0 Å². The number of ether oxygens (including phenoxy) is 1. The Kier molecular flexibility index (Phi) is 5.93. The van der Waals surface area contributed by atoms with Gasteiger partial charge in [-0.1, -0.05) is 19.4 Å². The quantitative estimate of drug-likeness (QED) is 0.771. The molecule has 1 aliphatic heterocycles. The number of fused-ring (bicyclic) bond motifs is 1. The maximum atomic E-state index is 12.8. The minimum absolute atomic E-state index is 0.0445. The van der Waals surface area contributed by atoms with Gasteiger partial charge in [-0.05, 0) is 56.2 Å². The van der Waals surface area contributed by atoms with E-state index >= 15 is 0 Å². The average Bonchev–Trinajstić information content (AvgIpc) is 2.67. The summed E-state index contributed by atoms with van der Waals surface area (Å²) < 4.78 is 34.4. The standard InChI is InChI=1S/C21H25N3O4S/c1-5-6-11-24-15(3)23-29(26,27)20-13-16(8-9-18(20)24)21(25)22-17-12-14(2)7-10-19(17)28-4/h7-10,12-13H,5-6,11H2,1-4H3,(H,22,25). The normalized spacial score (nSPS) is 14.8. The second-order valence-electron chi connectivity index (χ2n) is 6.96. The molecule has 29 heavy (non-hydrogen) atoms. The summed E-state index contributed by atoms with van der Waals surface area (Å²) in [5.41, 5.74) is 2.28. The Hall–Kier alpha value is -2.87. The lowest BCUT2D eigenvalue weighted by Crippen LogP contribution is -2.34. The smallest absolute Gasteiger partial charge is 0.286 e. The van der Waals surface area contributed by atoms with Crippen LogP contribution in [0.1, 0.15) is 42.6 Å². The molecule has 154 valence electrons. The first-order chi connectivity index (χ1) is 13.8. The van der Waals surface area contributed by atoms with Crippen LogP contribution < -0.4 is 15.0 Å². The number of carbonyl (C=O) groups excluding carboxylic acids is 1. The number of amides is 1. The van der Waals surface area contributed by atoms with Gasteiger partial charge in [-0.25, -0.2) is 0 Å². The third-order valence-corrected chi connectivity index (χ3v) is 6.16. The Labute approximate surface area is 171 Å². The van der Waals surface area contributed by atoms with Gasteiger partial charge in [-0.2, -0.15) is 8.42 Å². The zero-order valence-electron chi connectivity index (χ0n) is 17.0. The number of anilines is 2. The lowest BCUT2D eigenvalue weighted by molar-refractivity contribution is 0.102. The van der Waals surface area contributed by atoms with Crippen LogP contribution in [0.25, 0.3) is 0 Å². The van der Waals surface area contributed by atoms with E-state index in [0.29, 0.717) is 29.5 Å². The van der Waals surface area contributed by atoms with Crippen molar-refractivity contribution in [2.75, 3.05) is 23.9 Å². The molecule has 2 aromatic rings. The second kappa shape index (κ2) is 8.24. The Morgan fingerprint density at radius 1 is 1.17 bits per heavy atom. The minimum atomic E-state index is -3.86. The van der Waals surface area contributed by atoms with Crippen LogP contribution in [0.2, 0.25) is 0 Å². The van der Waals surface area contributed by atoms with E-state index in [1.165, 1.54) is 13.2 Å². The maximum Gasteiger partial charge on any atom is 0.286 e. The lowest BCUT2D eigenvalue weighted by Gasteiger charge is -2.29. The molecular formula is C21H25N3O4S. The fourth-order valence-electron chi connectivity index (χ4n) is 3.24. The molecule has 2 aromatic carbocycles. The van der Waals surface area contributed by atoms with E-state index in [-0.39, 0.29) is 10.5 Å². The average molecular weight is 416 g/mol. The molecule has 0 saturated heterocycles. The highest BCUT2D eigenvalue weighted by molar-refractivity contribution is 7.90. The van der Waals surface area contributed by atoms with E-state index in [2.05, 4.69) is 16.6 Å². The van der Waals surface area contributed by atoms with Crippen molar-refractivity contribution in [1.82, 2.24) is 0 Å². The fraction of sp³-hybridized carbons (Fsp3) is 0.333. The molecule has 0 radical (unpaired) electrons. The molecule has 0 atom stereocenters. The SMILES string of the molecule is CCCCN1C(C)=NS(=O)(=O)c2cc(C(=O)Nc3cc(C)ccc3OC)ccc21. The van der Waals surface area contributed by atoms with Gasteiger partial charge in [-0.15, -0.1) is 4.40 Å². The Bertz CT molecular complexity index is 1080. The van der Waals surface area contributed by atoms with Crippen molar-refractivity contribution in [3.63, 3.8) is 0 Å². The van der Waals surface area contributed by atoms with Gasteiger partial charge in [0.25, 0.3) is 15.9 Å². The molecule has 0 saturated carbocycles. The second-order valence-corrected chi connectivity index (χ2v) is 8.53. The van der Waals surface area contributed by atoms with Crippen molar-refractivity contribution in [2.24, 2.45) is 4.40 Å². The van der Waals surface area contributed by atoms with E-state index in [1.54, 1.807) is 31.2 Å². The Morgan fingerprint density at radius 3 is 2.62 bits per heavy atom. The number of sulfonamides is 1. The highest BCUT2D eigenvalue weighted by Gasteiger charge is 2.29. The molecule has 1 amide bonds. The molecule has 0 bridgehead atoms. The van der Waals surface area contributed by atoms with Crippen molar-refractivity contribution in [3.05, 3.63) is 47.5 Å². The van der Waals surface area contributed by atoms with Crippen LogP contribution in [0.15, 0.2) is 45.7 Å². The van der Waals surface area contributed by atoms with Crippen LogP contribution in [0.4, 0.5) is 11.4 Å². The third-order valence-electron chi connectivity index (χ3n) is 4.77. The molecule has 1 N–H and O–H groups in total. The zero-order chi connectivity index (χ0) is 21.2. The van der Waals surface area contributed by atoms with Gasteiger partial charge in [0.2, 0.25) is 0 Å². The molecule has 0 aliphatic carbocycles. The van der Waals surface area contributed by atoms with Crippen LogP contribution in [-0.2, 0) is 10.0 Å². The van der Waals surface area contributed by atoms with Crippen LogP contribution in [-0.4, -0.2) is 33.8 Å². The molecule has 3 rings (SSSR count). The zero-order valence-corrected chi connectivity index (χ0v) is 17.8. The van der Waals surface area contributed by atoms with Gasteiger partial charge >= 0.3 is 0 Å². The number of carbonyl (C=O) groups is 1. The van der Waals surface area contributed by atoms with Gasteiger partial charge in [0.1, 0.15) is 16.5 Å². The van der Waals surface area contributed by atoms with Crippen molar-refractivity contribution in [2.45, 2.75) is 38.5 Å². The summed E-state index contributed by atoms with van der Waals surface area (Å²) >= 11 is 0. The van der Waals surface area contributed by atoms with E-state index in [0.717, 1.165) is 18.4 Å².